The summed E-state index contributed by atoms with van der Waals surface area (Å²) in [5.74, 6) is -0.877. The molecule has 0 radical (unpaired) electrons. The van der Waals surface area contributed by atoms with Crippen LogP contribution in [0.2, 0.25) is 5.02 Å². The van der Waals surface area contributed by atoms with Crippen molar-refractivity contribution in [3.63, 3.8) is 0 Å². The van der Waals surface area contributed by atoms with Gasteiger partial charge in [0.05, 0.1) is 5.02 Å². The minimum absolute atomic E-state index is 0.00433. The molecule has 0 aliphatic heterocycles. The Morgan fingerprint density at radius 1 is 1.00 bits per heavy atom. The molecular weight excluding hydrogens is 375 g/mol. The lowest BCUT2D eigenvalue weighted by Crippen LogP contribution is -2.43. The molecular formula is C19H14ClFN2O4. The normalized spacial score (nSPS) is 10.3. The Kier molecular flexibility index (Phi) is 5.73. The first kappa shape index (κ1) is 18.5. The molecule has 0 saturated heterocycles. The second kappa shape index (κ2) is 8.37. The summed E-state index contributed by atoms with van der Waals surface area (Å²) in [5, 5.41) is 0.491. The zero-order chi connectivity index (χ0) is 19.2. The third-order valence-electron chi connectivity index (χ3n) is 3.47. The average molecular weight is 389 g/mol. The molecule has 2 aromatic carbocycles. The number of ether oxygens (including phenoxy) is 1. The summed E-state index contributed by atoms with van der Waals surface area (Å²) in [6.07, 6.45) is 0. The maximum Gasteiger partial charge on any atom is 0.305 e. The summed E-state index contributed by atoms with van der Waals surface area (Å²) in [6, 6.07) is 15.3. The molecule has 0 fully saturated rings. The zero-order valence-electron chi connectivity index (χ0n) is 13.9. The van der Waals surface area contributed by atoms with Gasteiger partial charge in [0.1, 0.15) is 17.3 Å². The Morgan fingerprint density at radius 2 is 1.74 bits per heavy atom. The Bertz CT molecular complexity index is 956. The molecule has 3 aromatic rings. The van der Waals surface area contributed by atoms with Crippen LogP contribution in [-0.4, -0.2) is 18.4 Å². The Hall–Kier alpha value is -3.32. The lowest BCUT2D eigenvalue weighted by atomic mass is 10.2. The molecule has 6 nitrogen and oxygen atoms in total. The SMILES string of the molecule is O=C(COc1ccc(F)cc1)NNC(=O)c1ccc(-c2ccccc2Cl)o1. The largest absolute Gasteiger partial charge is 0.484 e. The average Bonchev–Trinajstić information content (AvgIpc) is 3.16. The second-order valence-corrected chi connectivity index (χ2v) is 5.80. The zero-order valence-corrected chi connectivity index (χ0v) is 14.6. The van der Waals surface area contributed by atoms with E-state index in [1.807, 2.05) is 0 Å². The minimum atomic E-state index is -0.636. The molecule has 0 aliphatic rings. The van der Waals surface area contributed by atoms with Gasteiger partial charge in [0.2, 0.25) is 0 Å². The van der Waals surface area contributed by atoms with Crippen LogP contribution in [0.3, 0.4) is 0 Å². The van der Waals surface area contributed by atoms with Crippen molar-refractivity contribution in [2.45, 2.75) is 0 Å². The highest BCUT2D eigenvalue weighted by Crippen LogP contribution is 2.28. The maximum atomic E-state index is 12.8. The van der Waals surface area contributed by atoms with E-state index in [0.29, 0.717) is 22.1 Å². The molecule has 0 unspecified atom stereocenters. The van der Waals surface area contributed by atoms with Crippen LogP contribution in [0.5, 0.6) is 5.75 Å². The molecule has 3 rings (SSSR count). The van der Waals surface area contributed by atoms with E-state index in [0.717, 1.165) is 0 Å². The van der Waals surface area contributed by atoms with Crippen molar-refractivity contribution < 1.29 is 23.1 Å². The van der Waals surface area contributed by atoms with Crippen molar-refractivity contribution in [3.05, 3.63) is 77.3 Å². The number of nitrogens with one attached hydrogen (secondary N) is 2. The van der Waals surface area contributed by atoms with Crippen LogP contribution in [0.4, 0.5) is 4.39 Å². The van der Waals surface area contributed by atoms with Crippen LogP contribution < -0.4 is 15.6 Å². The number of furan rings is 1. The summed E-state index contributed by atoms with van der Waals surface area (Å²) in [5.41, 5.74) is 5.07. The molecule has 0 bridgehead atoms. The van der Waals surface area contributed by atoms with Crippen molar-refractivity contribution in [3.8, 4) is 17.1 Å². The van der Waals surface area contributed by atoms with Gasteiger partial charge in [-0.2, -0.15) is 0 Å². The van der Waals surface area contributed by atoms with Crippen LogP contribution in [0.25, 0.3) is 11.3 Å². The fraction of sp³-hybridized carbons (Fsp3) is 0.0526. The minimum Gasteiger partial charge on any atom is -0.484 e. The van der Waals surface area contributed by atoms with Crippen molar-refractivity contribution >= 4 is 23.4 Å². The first-order valence-electron chi connectivity index (χ1n) is 7.85. The Morgan fingerprint density at radius 3 is 2.48 bits per heavy atom. The standard InChI is InChI=1S/C19H14ClFN2O4/c20-15-4-2-1-3-14(15)16-9-10-17(27-16)19(25)23-22-18(24)11-26-13-7-5-12(21)6-8-13/h1-10H,11H2,(H,22,24)(H,23,25). The fourth-order valence-corrected chi connectivity index (χ4v) is 2.40. The first-order valence-corrected chi connectivity index (χ1v) is 8.23. The van der Waals surface area contributed by atoms with Crippen LogP contribution in [0.1, 0.15) is 10.6 Å². The molecule has 8 heteroatoms. The lowest BCUT2D eigenvalue weighted by Gasteiger charge is -2.08. The number of carbonyl (C=O) groups is 2. The molecule has 0 saturated carbocycles. The van der Waals surface area contributed by atoms with E-state index in [2.05, 4.69) is 10.9 Å². The number of halogens is 2. The van der Waals surface area contributed by atoms with Crippen LogP contribution in [-0.2, 0) is 4.79 Å². The van der Waals surface area contributed by atoms with Gasteiger partial charge in [-0.05, 0) is 48.5 Å². The highest BCUT2D eigenvalue weighted by Gasteiger charge is 2.14. The van der Waals surface area contributed by atoms with E-state index in [9.17, 15) is 14.0 Å². The lowest BCUT2D eigenvalue weighted by molar-refractivity contribution is -0.123. The van der Waals surface area contributed by atoms with Gasteiger partial charge >= 0.3 is 5.91 Å². The van der Waals surface area contributed by atoms with Crippen LogP contribution >= 0.6 is 11.6 Å². The van der Waals surface area contributed by atoms with Crippen molar-refractivity contribution in [1.82, 2.24) is 10.9 Å². The number of benzene rings is 2. The molecule has 2 N–H and O–H groups in total. The molecule has 1 heterocycles. The highest BCUT2D eigenvalue weighted by molar-refractivity contribution is 6.33. The summed E-state index contributed by atoms with van der Waals surface area (Å²) in [4.78, 5) is 23.8. The van der Waals surface area contributed by atoms with Crippen molar-refractivity contribution in [2.24, 2.45) is 0 Å². The highest BCUT2D eigenvalue weighted by atomic mass is 35.5. The van der Waals surface area contributed by atoms with Crippen molar-refractivity contribution in [2.75, 3.05) is 6.61 Å². The molecule has 27 heavy (non-hydrogen) atoms. The van der Waals surface area contributed by atoms with Gasteiger partial charge in [-0.25, -0.2) is 4.39 Å². The number of hydrazine groups is 1. The van der Waals surface area contributed by atoms with E-state index in [4.69, 9.17) is 20.8 Å². The Balaban J connectivity index is 1.51. The Labute approximate surface area is 158 Å². The van der Waals surface area contributed by atoms with E-state index in [1.165, 1.54) is 30.3 Å². The number of hydrogen-bond acceptors (Lipinski definition) is 4. The smallest absolute Gasteiger partial charge is 0.305 e. The van der Waals surface area contributed by atoms with E-state index >= 15 is 0 Å². The van der Waals surface area contributed by atoms with Gasteiger partial charge in [-0.3, -0.25) is 20.4 Å². The summed E-state index contributed by atoms with van der Waals surface area (Å²) < 4.78 is 23.4. The molecule has 138 valence electrons. The molecule has 2 amide bonds. The van der Waals surface area contributed by atoms with Gasteiger partial charge in [-0.15, -0.1) is 0 Å². The van der Waals surface area contributed by atoms with Crippen LogP contribution in [0, 0.1) is 5.82 Å². The van der Waals surface area contributed by atoms with E-state index in [-0.39, 0.29) is 12.4 Å². The fourth-order valence-electron chi connectivity index (χ4n) is 2.17. The number of hydrogen-bond donors (Lipinski definition) is 2. The van der Waals surface area contributed by atoms with Gasteiger partial charge < -0.3 is 9.15 Å². The second-order valence-electron chi connectivity index (χ2n) is 5.39. The molecule has 0 spiro atoms. The molecule has 0 atom stereocenters. The summed E-state index contributed by atoms with van der Waals surface area (Å²) >= 11 is 6.09. The third-order valence-corrected chi connectivity index (χ3v) is 3.80. The maximum absolute atomic E-state index is 12.8. The topological polar surface area (TPSA) is 80.6 Å². The molecule has 1 aromatic heterocycles. The number of rotatable bonds is 5. The van der Waals surface area contributed by atoms with E-state index < -0.39 is 17.6 Å². The number of carbonyl (C=O) groups excluding carboxylic acids is 2. The predicted octanol–water partition coefficient (Wildman–Crippen LogP) is 3.58. The monoisotopic (exact) mass is 388 g/mol. The van der Waals surface area contributed by atoms with Crippen molar-refractivity contribution in [1.29, 1.82) is 0 Å². The van der Waals surface area contributed by atoms with Crippen LogP contribution in [0.15, 0.2) is 65.1 Å². The summed E-state index contributed by atoms with van der Waals surface area (Å²) in [7, 11) is 0. The predicted molar refractivity (Wildman–Crippen MR) is 96.7 cm³/mol. The quantitative estimate of drug-likeness (QED) is 0.655. The van der Waals surface area contributed by atoms with Gasteiger partial charge in [0.15, 0.2) is 12.4 Å². The van der Waals surface area contributed by atoms with Gasteiger partial charge in [0, 0.05) is 5.56 Å². The number of amides is 2. The molecule has 0 aliphatic carbocycles. The van der Waals surface area contributed by atoms with Gasteiger partial charge in [-0.1, -0.05) is 23.7 Å². The summed E-state index contributed by atoms with van der Waals surface area (Å²) in [6.45, 7) is -0.352. The third kappa shape index (κ3) is 4.86. The van der Waals surface area contributed by atoms with Gasteiger partial charge in [0.25, 0.3) is 5.91 Å². The first-order chi connectivity index (χ1) is 13.0. The van der Waals surface area contributed by atoms with E-state index in [1.54, 1.807) is 30.3 Å².